The van der Waals surface area contributed by atoms with E-state index in [9.17, 15) is 4.79 Å². The first-order chi connectivity index (χ1) is 8.70. The second kappa shape index (κ2) is 5.44. The van der Waals surface area contributed by atoms with Crippen molar-refractivity contribution < 1.29 is 4.79 Å². The van der Waals surface area contributed by atoms with Crippen molar-refractivity contribution in [2.24, 2.45) is 7.05 Å². The van der Waals surface area contributed by atoms with Gasteiger partial charge in [-0.25, -0.2) is 0 Å². The van der Waals surface area contributed by atoms with Gasteiger partial charge in [-0.2, -0.15) is 5.10 Å². The predicted molar refractivity (Wildman–Crippen MR) is 68.6 cm³/mol. The van der Waals surface area contributed by atoms with Crippen LogP contribution in [0.25, 0.3) is 11.3 Å². The zero-order valence-corrected chi connectivity index (χ0v) is 10.6. The Hall–Kier alpha value is -2.17. The van der Waals surface area contributed by atoms with E-state index in [1.165, 1.54) is 0 Å². The summed E-state index contributed by atoms with van der Waals surface area (Å²) in [5.41, 5.74) is 2.99. The molecular weight excluding hydrogens is 228 g/mol. The summed E-state index contributed by atoms with van der Waals surface area (Å²) in [5.74, 6) is 0.0425. The van der Waals surface area contributed by atoms with E-state index in [4.69, 9.17) is 0 Å². The number of aromatic nitrogens is 3. The lowest BCUT2D eigenvalue weighted by Crippen LogP contribution is -2.21. The Morgan fingerprint density at radius 2 is 2.28 bits per heavy atom. The third-order valence-corrected chi connectivity index (χ3v) is 2.72. The second-order valence-electron chi connectivity index (χ2n) is 4.05. The molecule has 0 atom stereocenters. The van der Waals surface area contributed by atoms with E-state index in [1.807, 2.05) is 26.1 Å². The Morgan fingerprint density at radius 1 is 1.44 bits per heavy atom. The van der Waals surface area contributed by atoms with Gasteiger partial charge in [0.2, 0.25) is 5.91 Å². The number of nitrogens with zero attached hydrogens (tertiary/aromatic N) is 3. The summed E-state index contributed by atoms with van der Waals surface area (Å²) in [6, 6.07) is 3.95. The third-order valence-electron chi connectivity index (χ3n) is 2.72. The second-order valence-corrected chi connectivity index (χ2v) is 4.05. The number of carbonyl (C=O) groups excluding carboxylic acids is 1. The van der Waals surface area contributed by atoms with E-state index in [0.29, 0.717) is 13.0 Å². The smallest absolute Gasteiger partial charge is 0.219 e. The lowest BCUT2D eigenvalue weighted by atomic mass is 10.1. The van der Waals surface area contributed by atoms with Gasteiger partial charge in [-0.1, -0.05) is 6.92 Å². The summed E-state index contributed by atoms with van der Waals surface area (Å²) in [6.45, 7) is 2.34. The van der Waals surface area contributed by atoms with Gasteiger partial charge in [0.15, 0.2) is 0 Å². The highest BCUT2D eigenvalue weighted by Crippen LogP contribution is 2.17. The first kappa shape index (κ1) is 12.3. The molecule has 94 valence electrons. The zero-order chi connectivity index (χ0) is 13.0. The zero-order valence-electron chi connectivity index (χ0n) is 10.6. The van der Waals surface area contributed by atoms with Crippen LogP contribution in [0.1, 0.15) is 18.9 Å². The molecule has 18 heavy (non-hydrogen) atoms. The number of amides is 1. The molecule has 0 fully saturated rings. The van der Waals surface area contributed by atoms with Crippen molar-refractivity contribution in [3.63, 3.8) is 0 Å². The summed E-state index contributed by atoms with van der Waals surface area (Å²) < 4.78 is 1.80. The Balaban J connectivity index is 2.15. The molecule has 2 heterocycles. The summed E-state index contributed by atoms with van der Waals surface area (Å²) in [6.07, 6.45) is 5.80. The van der Waals surface area contributed by atoms with Crippen LogP contribution in [0.4, 0.5) is 0 Å². The maximum atomic E-state index is 11.2. The van der Waals surface area contributed by atoms with E-state index in [-0.39, 0.29) is 5.91 Å². The molecule has 2 aromatic heterocycles. The number of nitrogens with one attached hydrogen (secondary N) is 1. The van der Waals surface area contributed by atoms with Gasteiger partial charge in [0.05, 0.1) is 5.69 Å². The number of hydrogen-bond acceptors (Lipinski definition) is 3. The molecule has 2 aromatic rings. The van der Waals surface area contributed by atoms with Gasteiger partial charge >= 0.3 is 0 Å². The lowest BCUT2D eigenvalue weighted by molar-refractivity contribution is -0.120. The van der Waals surface area contributed by atoms with Crippen LogP contribution >= 0.6 is 0 Å². The molecular formula is C13H16N4O. The van der Waals surface area contributed by atoms with Crippen molar-refractivity contribution in [1.82, 2.24) is 20.1 Å². The molecule has 0 aliphatic carbocycles. The molecule has 0 aliphatic rings. The van der Waals surface area contributed by atoms with E-state index in [2.05, 4.69) is 15.4 Å². The molecule has 1 amide bonds. The van der Waals surface area contributed by atoms with E-state index in [0.717, 1.165) is 16.8 Å². The standard InChI is InChI=1S/C13H16N4O/c1-3-13(18)15-8-10-6-11(9-14-7-10)12-4-5-16-17(12)2/h4-7,9H,3,8H2,1-2H3,(H,15,18). The van der Waals surface area contributed by atoms with Crippen LogP contribution < -0.4 is 5.32 Å². The minimum atomic E-state index is 0.0425. The summed E-state index contributed by atoms with van der Waals surface area (Å²) in [7, 11) is 1.89. The van der Waals surface area contributed by atoms with E-state index in [1.54, 1.807) is 23.3 Å². The minimum Gasteiger partial charge on any atom is -0.352 e. The molecule has 2 rings (SSSR count). The Bertz CT molecular complexity index is 547. The quantitative estimate of drug-likeness (QED) is 0.886. The molecule has 0 aromatic carbocycles. The molecule has 0 bridgehead atoms. The van der Waals surface area contributed by atoms with Gasteiger partial charge in [-0.05, 0) is 17.7 Å². The SMILES string of the molecule is CCC(=O)NCc1cncc(-c2ccnn2C)c1. The van der Waals surface area contributed by atoms with Crippen LogP contribution in [0, 0.1) is 0 Å². The van der Waals surface area contributed by atoms with Crippen LogP contribution in [-0.4, -0.2) is 20.7 Å². The van der Waals surface area contributed by atoms with Crippen LogP contribution in [0.2, 0.25) is 0 Å². The monoisotopic (exact) mass is 244 g/mol. The van der Waals surface area contributed by atoms with Gasteiger partial charge in [-0.15, -0.1) is 0 Å². The predicted octanol–water partition coefficient (Wildman–Crippen LogP) is 1.51. The maximum absolute atomic E-state index is 11.2. The third kappa shape index (κ3) is 2.74. The summed E-state index contributed by atoms with van der Waals surface area (Å²) in [4.78, 5) is 15.4. The fourth-order valence-corrected chi connectivity index (χ4v) is 1.71. The summed E-state index contributed by atoms with van der Waals surface area (Å²) in [5, 5.41) is 6.96. The molecule has 0 saturated heterocycles. The molecule has 1 N–H and O–H groups in total. The molecule has 5 heteroatoms. The van der Waals surface area contributed by atoms with Crippen molar-refractivity contribution in [2.45, 2.75) is 19.9 Å². The number of hydrogen-bond donors (Lipinski definition) is 1. The highest BCUT2D eigenvalue weighted by molar-refractivity contribution is 5.75. The molecule has 0 radical (unpaired) electrons. The largest absolute Gasteiger partial charge is 0.352 e. The van der Waals surface area contributed by atoms with Crippen molar-refractivity contribution >= 4 is 5.91 Å². The average molecular weight is 244 g/mol. The van der Waals surface area contributed by atoms with Crippen molar-refractivity contribution in [2.75, 3.05) is 0 Å². The molecule has 0 unspecified atom stereocenters. The first-order valence-corrected chi connectivity index (χ1v) is 5.89. The van der Waals surface area contributed by atoms with E-state index < -0.39 is 0 Å². The topological polar surface area (TPSA) is 59.8 Å². The minimum absolute atomic E-state index is 0.0425. The highest BCUT2D eigenvalue weighted by Gasteiger charge is 2.04. The Kier molecular flexibility index (Phi) is 3.72. The van der Waals surface area contributed by atoms with Gasteiger partial charge in [-0.3, -0.25) is 14.5 Å². The van der Waals surface area contributed by atoms with Gasteiger partial charge in [0.25, 0.3) is 0 Å². The molecule has 0 spiro atoms. The maximum Gasteiger partial charge on any atom is 0.219 e. The Morgan fingerprint density at radius 3 is 2.94 bits per heavy atom. The summed E-state index contributed by atoms with van der Waals surface area (Å²) >= 11 is 0. The van der Waals surface area contributed by atoms with Gasteiger partial charge < -0.3 is 5.32 Å². The highest BCUT2D eigenvalue weighted by atomic mass is 16.1. The molecule has 0 saturated carbocycles. The number of rotatable bonds is 4. The average Bonchev–Trinajstić information content (AvgIpc) is 2.82. The Labute approximate surface area is 106 Å². The number of pyridine rings is 1. The fourth-order valence-electron chi connectivity index (χ4n) is 1.71. The van der Waals surface area contributed by atoms with E-state index >= 15 is 0 Å². The first-order valence-electron chi connectivity index (χ1n) is 5.89. The molecule has 5 nitrogen and oxygen atoms in total. The molecule has 0 aliphatic heterocycles. The van der Waals surface area contributed by atoms with Gasteiger partial charge in [0.1, 0.15) is 0 Å². The van der Waals surface area contributed by atoms with Crippen LogP contribution in [0.15, 0.2) is 30.7 Å². The van der Waals surface area contributed by atoms with Crippen LogP contribution in [0.5, 0.6) is 0 Å². The number of carbonyl (C=O) groups is 1. The van der Waals surface area contributed by atoms with Crippen LogP contribution in [0.3, 0.4) is 0 Å². The number of aryl methyl sites for hydroxylation is 1. The van der Waals surface area contributed by atoms with Crippen LogP contribution in [-0.2, 0) is 18.4 Å². The normalized spacial score (nSPS) is 10.3. The van der Waals surface area contributed by atoms with Gasteiger partial charge in [0, 0.05) is 44.2 Å². The van der Waals surface area contributed by atoms with Crippen molar-refractivity contribution in [3.05, 3.63) is 36.3 Å². The lowest BCUT2D eigenvalue weighted by Gasteiger charge is -2.06. The van der Waals surface area contributed by atoms with Crippen molar-refractivity contribution in [3.8, 4) is 11.3 Å². The fraction of sp³-hybridized carbons (Fsp3) is 0.308. The van der Waals surface area contributed by atoms with Crippen molar-refractivity contribution in [1.29, 1.82) is 0 Å².